The van der Waals surface area contributed by atoms with Crippen LogP contribution in [0.2, 0.25) is 5.02 Å². The van der Waals surface area contributed by atoms with Crippen molar-refractivity contribution in [3.8, 4) is 23.0 Å². The molecule has 0 saturated carbocycles. The Morgan fingerprint density at radius 1 is 1.39 bits per heavy atom. The Morgan fingerprint density at radius 2 is 2.17 bits per heavy atom. The van der Waals surface area contributed by atoms with Gasteiger partial charge in [-0.2, -0.15) is 4.98 Å². The zero-order chi connectivity index (χ0) is 16.8. The molecule has 126 valence electrons. The summed E-state index contributed by atoms with van der Waals surface area (Å²) >= 11 is 6.31. The normalized spacial score (nSPS) is 12.2. The lowest BCUT2D eigenvalue weighted by Gasteiger charge is -2.12. The smallest absolute Gasteiger partial charge is 0.258 e. The molecule has 23 heavy (non-hydrogen) atoms. The minimum atomic E-state index is 0.267. The molecule has 0 fully saturated rings. The minimum Gasteiger partial charge on any atom is -0.493 e. The predicted octanol–water partition coefficient (Wildman–Crippen LogP) is 3.34. The van der Waals surface area contributed by atoms with Crippen LogP contribution in [0.3, 0.4) is 0 Å². The average molecular weight is 340 g/mol. The lowest BCUT2D eigenvalue weighted by molar-refractivity contribution is 0.294. The number of rotatable bonds is 8. The molecule has 1 aromatic carbocycles. The summed E-state index contributed by atoms with van der Waals surface area (Å²) in [5, 5.41) is 7.59. The number of hydrogen-bond acceptors (Lipinski definition) is 6. The van der Waals surface area contributed by atoms with Crippen molar-refractivity contribution >= 4 is 11.6 Å². The Balaban J connectivity index is 2.28. The van der Waals surface area contributed by atoms with Gasteiger partial charge in [0.2, 0.25) is 0 Å². The van der Waals surface area contributed by atoms with E-state index in [0.29, 0.717) is 46.8 Å². The molecule has 6 nitrogen and oxygen atoms in total. The maximum absolute atomic E-state index is 6.31. The van der Waals surface area contributed by atoms with E-state index in [-0.39, 0.29) is 6.04 Å². The standard InChI is InChI=1S/C16H22ClN3O3/c1-5-6-22-15-12(17)8-11(9-13(15)21-4)16-19-14(20-23-16)7-10(2)18-3/h8-10,18H,5-7H2,1-4H3. The molecule has 0 bridgehead atoms. The van der Waals surface area contributed by atoms with Gasteiger partial charge in [0, 0.05) is 18.0 Å². The van der Waals surface area contributed by atoms with Crippen LogP contribution in [0.1, 0.15) is 26.1 Å². The van der Waals surface area contributed by atoms with Gasteiger partial charge in [0.15, 0.2) is 17.3 Å². The van der Waals surface area contributed by atoms with E-state index < -0.39 is 0 Å². The molecule has 0 amide bonds. The van der Waals surface area contributed by atoms with Gasteiger partial charge in [0.25, 0.3) is 5.89 Å². The average Bonchev–Trinajstić information content (AvgIpc) is 3.01. The van der Waals surface area contributed by atoms with Crippen LogP contribution in [-0.2, 0) is 6.42 Å². The van der Waals surface area contributed by atoms with E-state index in [1.165, 1.54) is 0 Å². The number of ether oxygens (including phenoxy) is 2. The fourth-order valence-corrected chi connectivity index (χ4v) is 2.28. The van der Waals surface area contributed by atoms with Crippen molar-refractivity contribution in [1.29, 1.82) is 0 Å². The fraction of sp³-hybridized carbons (Fsp3) is 0.500. The minimum absolute atomic E-state index is 0.267. The summed E-state index contributed by atoms with van der Waals surface area (Å²) in [4.78, 5) is 4.40. The van der Waals surface area contributed by atoms with E-state index in [2.05, 4.69) is 22.4 Å². The lowest BCUT2D eigenvalue weighted by Crippen LogP contribution is -2.24. The van der Waals surface area contributed by atoms with Crippen LogP contribution in [-0.4, -0.2) is 36.9 Å². The monoisotopic (exact) mass is 339 g/mol. The van der Waals surface area contributed by atoms with Crippen molar-refractivity contribution in [2.24, 2.45) is 0 Å². The van der Waals surface area contributed by atoms with Crippen LogP contribution < -0.4 is 14.8 Å². The Bertz CT molecular complexity index is 645. The number of halogens is 1. The molecule has 1 N–H and O–H groups in total. The molecule has 0 aliphatic heterocycles. The van der Waals surface area contributed by atoms with E-state index >= 15 is 0 Å². The quantitative estimate of drug-likeness (QED) is 0.795. The van der Waals surface area contributed by atoms with Crippen molar-refractivity contribution in [2.75, 3.05) is 20.8 Å². The van der Waals surface area contributed by atoms with Crippen LogP contribution in [0.5, 0.6) is 11.5 Å². The Morgan fingerprint density at radius 3 is 2.83 bits per heavy atom. The van der Waals surface area contributed by atoms with Gasteiger partial charge in [-0.15, -0.1) is 0 Å². The van der Waals surface area contributed by atoms with Crippen molar-refractivity contribution in [3.05, 3.63) is 23.0 Å². The summed E-state index contributed by atoms with van der Waals surface area (Å²) in [7, 11) is 3.47. The molecule has 0 spiro atoms. The number of benzene rings is 1. The van der Waals surface area contributed by atoms with E-state index in [0.717, 1.165) is 6.42 Å². The second-order valence-corrected chi connectivity index (χ2v) is 5.65. The maximum Gasteiger partial charge on any atom is 0.258 e. The topological polar surface area (TPSA) is 69.4 Å². The number of hydrogen-bond donors (Lipinski definition) is 1. The first-order valence-electron chi connectivity index (χ1n) is 7.59. The number of likely N-dealkylation sites (N-methyl/N-ethyl adjacent to an activating group) is 1. The Kier molecular flexibility index (Phi) is 6.24. The van der Waals surface area contributed by atoms with Gasteiger partial charge >= 0.3 is 0 Å². The number of aromatic nitrogens is 2. The van der Waals surface area contributed by atoms with Crippen molar-refractivity contribution in [3.63, 3.8) is 0 Å². The summed E-state index contributed by atoms with van der Waals surface area (Å²) in [5.41, 5.74) is 0.701. The molecular formula is C16H22ClN3O3. The zero-order valence-electron chi connectivity index (χ0n) is 13.9. The highest BCUT2D eigenvalue weighted by molar-refractivity contribution is 6.32. The first-order chi connectivity index (χ1) is 11.1. The number of nitrogens with zero attached hydrogens (tertiary/aromatic N) is 2. The maximum atomic E-state index is 6.31. The molecule has 2 rings (SSSR count). The number of nitrogens with one attached hydrogen (secondary N) is 1. The van der Waals surface area contributed by atoms with Crippen molar-refractivity contribution < 1.29 is 14.0 Å². The Labute approximate surface area is 141 Å². The molecule has 2 aromatic rings. The highest BCUT2D eigenvalue weighted by Gasteiger charge is 2.17. The third-order valence-corrected chi connectivity index (χ3v) is 3.66. The van der Waals surface area contributed by atoms with E-state index in [1.54, 1.807) is 19.2 Å². The molecule has 1 unspecified atom stereocenters. The molecule has 1 heterocycles. The van der Waals surface area contributed by atoms with Gasteiger partial charge in [-0.05, 0) is 32.5 Å². The van der Waals surface area contributed by atoms with Gasteiger partial charge < -0.3 is 19.3 Å². The summed E-state index contributed by atoms with van der Waals surface area (Å²) in [6.07, 6.45) is 1.57. The third-order valence-electron chi connectivity index (χ3n) is 3.38. The Hall–Kier alpha value is -1.79. The first kappa shape index (κ1) is 17.6. The summed E-state index contributed by atoms with van der Waals surface area (Å²) < 4.78 is 16.3. The lowest BCUT2D eigenvalue weighted by atomic mass is 10.2. The van der Waals surface area contributed by atoms with E-state index in [4.69, 9.17) is 25.6 Å². The van der Waals surface area contributed by atoms with Gasteiger partial charge in [0.1, 0.15) is 0 Å². The molecule has 0 aliphatic rings. The van der Waals surface area contributed by atoms with Crippen LogP contribution in [0.15, 0.2) is 16.7 Å². The first-order valence-corrected chi connectivity index (χ1v) is 7.97. The molecule has 1 aromatic heterocycles. The molecule has 0 saturated heterocycles. The molecule has 0 aliphatic carbocycles. The largest absolute Gasteiger partial charge is 0.493 e. The van der Waals surface area contributed by atoms with Crippen molar-refractivity contribution in [1.82, 2.24) is 15.5 Å². The van der Waals surface area contributed by atoms with E-state index in [1.807, 2.05) is 14.0 Å². The van der Waals surface area contributed by atoms with Crippen LogP contribution in [0.25, 0.3) is 11.5 Å². The number of methoxy groups -OCH3 is 1. The molecule has 1 atom stereocenters. The third kappa shape index (κ3) is 4.36. The van der Waals surface area contributed by atoms with Crippen LogP contribution >= 0.6 is 11.6 Å². The summed E-state index contributed by atoms with van der Waals surface area (Å²) in [6, 6.07) is 3.80. The summed E-state index contributed by atoms with van der Waals surface area (Å²) in [5.74, 6) is 2.13. The van der Waals surface area contributed by atoms with Gasteiger partial charge in [-0.1, -0.05) is 23.7 Å². The highest BCUT2D eigenvalue weighted by Crippen LogP contribution is 2.39. The van der Waals surface area contributed by atoms with Crippen LogP contribution in [0, 0.1) is 0 Å². The molecule has 7 heteroatoms. The highest BCUT2D eigenvalue weighted by atomic mass is 35.5. The second kappa shape index (κ2) is 8.17. The predicted molar refractivity (Wildman–Crippen MR) is 89.3 cm³/mol. The van der Waals surface area contributed by atoms with Crippen LogP contribution in [0.4, 0.5) is 0 Å². The van der Waals surface area contributed by atoms with Gasteiger partial charge in [-0.25, -0.2) is 0 Å². The fourth-order valence-electron chi connectivity index (χ4n) is 2.02. The molecule has 0 radical (unpaired) electrons. The van der Waals surface area contributed by atoms with Gasteiger partial charge in [-0.3, -0.25) is 0 Å². The second-order valence-electron chi connectivity index (χ2n) is 5.25. The van der Waals surface area contributed by atoms with Crippen molar-refractivity contribution in [2.45, 2.75) is 32.7 Å². The SMILES string of the molecule is CCCOc1c(Cl)cc(-c2nc(CC(C)NC)no2)cc1OC. The van der Waals surface area contributed by atoms with Gasteiger partial charge in [0.05, 0.1) is 18.7 Å². The zero-order valence-corrected chi connectivity index (χ0v) is 14.6. The van der Waals surface area contributed by atoms with E-state index in [9.17, 15) is 0 Å². The molecular weight excluding hydrogens is 318 g/mol. The summed E-state index contributed by atoms with van der Waals surface area (Å²) in [6.45, 7) is 4.65.